The average Bonchev–Trinajstić information content (AvgIpc) is 2.40. The van der Waals surface area contributed by atoms with E-state index in [-0.39, 0.29) is 12.1 Å². The van der Waals surface area contributed by atoms with Gasteiger partial charge in [-0.15, -0.1) is 0 Å². The van der Waals surface area contributed by atoms with Crippen LogP contribution in [0.15, 0.2) is 0 Å². The van der Waals surface area contributed by atoms with E-state index >= 15 is 0 Å². The number of urea groups is 1. The van der Waals surface area contributed by atoms with Gasteiger partial charge < -0.3 is 20.2 Å². The zero-order valence-electron chi connectivity index (χ0n) is 14.1. The molecule has 0 radical (unpaired) electrons. The molecule has 124 valence electrons. The Morgan fingerprint density at radius 3 is 2.71 bits per heavy atom. The van der Waals surface area contributed by atoms with E-state index in [0.29, 0.717) is 13.1 Å². The fourth-order valence-corrected chi connectivity index (χ4v) is 2.90. The van der Waals surface area contributed by atoms with E-state index in [2.05, 4.69) is 17.1 Å². The molecule has 1 aliphatic heterocycles. The van der Waals surface area contributed by atoms with E-state index in [9.17, 15) is 9.90 Å². The minimum Gasteiger partial charge on any atom is -0.392 e. The molecule has 1 aliphatic rings. The molecule has 0 bridgehead atoms. The summed E-state index contributed by atoms with van der Waals surface area (Å²) in [5.74, 6) is 0.802. The van der Waals surface area contributed by atoms with Crippen molar-refractivity contribution in [3.8, 4) is 0 Å². The van der Waals surface area contributed by atoms with Gasteiger partial charge >= 0.3 is 6.03 Å². The predicted octanol–water partition coefficient (Wildman–Crippen LogP) is 1.91. The van der Waals surface area contributed by atoms with Gasteiger partial charge in [-0.2, -0.15) is 0 Å². The van der Waals surface area contributed by atoms with E-state index in [1.807, 2.05) is 13.8 Å². The van der Waals surface area contributed by atoms with E-state index in [1.54, 1.807) is 11.8 Å². The van der Waals surface area contributed by atoms with Crippen molar-refractivity contribution in [1.82, 2.24) is 15.1 Å². The Bertz CT molecular complexity index is 308. The van der Waals surface area contributed by atoms with Crippen molar-refractivity contribution in [2.24, 2.45) is 5.92 Å². The first-order valence-electron chi connectivity index (χ1n) is 8.35. The third-order valence-corrected chi connectivity index (χ3v) is 4.01. The largest absolute Gasteiger partial charge is 0.392 e. The average molecular weight is 299 g/mol. The molecule has 2 atom stereocenters. The molecule has 0 aromatic carbocycles. The minimum atomic E-state index is -0.493. The van der Waals surface area contributed by atoms with Gasteiger partial charge in [0.25, 0.3) is 0 Å². The van der Waals surface area contributed by atoms with Crippen LogP contribution in [0.4, 0.5) is 4.79 Å². The van der Waals surface area contributed by atoms with Crippen molar-refractivity contribution in [3.05, 3.63) is 0 Å². The summed E-state index contributed by atoms with van der Waals surface area (Å²) in [6.45, 7) is 12.5. The van der Waals surface area contributed by atoms with Crippen molar-refractivity contribution in [1.29, 1.82) is 0 Å². The lowest BCUT2D eigenvalue weighted by Gasteiger charge is -2.31. The molecule has 21 heavy (non-hydrogen) atoms. The zero-order valence-corrected chi connectivity index (χ0v) is 14.1. The maximum Gasteiger partial charge on any atom is 0.317 e. The summed E-state index contributed by atoms with van der Waals surface area (Å²) >= 11 is 0. The van der Waals surface area contributed by atoms with E-state index in [1.165, 1.54) is 25.9 Å². The van der Waals surface area contributed by atoms with Crippen LogP contribution in [-0.2, 0) is 0 Å². The molecule has 5 nitrogen and oxygen atoms in total. The Morgan fingerprint density at radius 2 is 2.14 bits per heavy atom. The first-order valence-corrected chi connectivity index (χ1v) is 8.35. The summed E-state index contributed by atoms with van der Waals surface area (Å²) in [4.78, 5) is 16.3. The van der Waals surface area contributed by atoms with Gasteiger partial charge in [0, 0.05) is 25.7 Å². The third-order valence-electron chi connectivity index (χ3n) is 4.01. The highest BCUT2D eigenvalue weighted by Crippen LogP contribution is 2.15. The monoisotopic (exact) mass is 299 g/mol. The lowest BCUT2D eigenvalue weighted by Crippen LogP contribution is -2.47. The SMILES string of the molecule is CC(O)CN(C(=O)NCCCN1CCCC(C)C1)C(C)C. The van der Waals surface area contributed by atoms with Crippen LogP contribution in [0.2, 0.25) is 0 Å². The van der Waals surface area contributed by atoms with Gasteiger partial charge in [0.2, 0.25) is 0 Å². The molecular formula is C16H33N3O2. The molecule has 2 N–H and O–H groups in total. The molecule has 5 heteroatoms. The van der Waals surface area contributed by atoms with Crippen LogP contribution < -0.4 is 5.32 Å². The number of carbonyl (C=O) groups excluding carboxylic acids is 1. The number of likely N-dealkylation sites (tertiary alicyclic amines) is 1. The summed E-state index contributed by atoms with van der Waals surface area (Å²) in [7, 11) is 0. The number of amides is 2. The molecule has 1 fully saturated rings. The molecule has 0 aromatic heterocycles. The molecule has 1 saturated heterocycles. The molecule has 0 spiro atoms. The summed E-state index contributed by atoms with van der Waals surface area (Å²) in [5, 5.41) is 12.4. The Morgan fingerprint density at radius 1 is 1.43 bits per heavy atom. The topological polar surface area (TPSA) is 55.8 Å². The second-order valence-corrected chi connectivity index (χ2v) is 6.73. The molecule has 0 saturated carbocycles. The molecule has 1 rings (SSSR count). The molecule has 0 aromatic rings. The summed E-state index contributed by atoms with van der Waals surface area (Å²) in [5.41, 5.74) is 0. The van der Waals surface area contributed by atoms with E-state index < -0.39 is 6.10 Å². The van der Waals surface area contributed by atoms with Crippen LogP contribution in [-0.4, -0.2) is 65.8 Å². The van der Waals surface area contributed by atoms with Gasteiger partial charge in [-0.3, -0.25) is 0 Å². The first kappa shape index (κ1) is 18.2. The maximum absolute atomic E-state index is 12.1. The van der Waals surface area contributed by atoms with Crippen molar-refractivity contribution in [3.63, 3.8) is 0 Å². The number of piperidine rings is 1. The standard InChI is InChI=1S/C16H33N3O2/c1-13(2)19(12-15(4)20)16(21)17-8-6-10-18-9-5-7-14(3)11-18/h13-15,20H,5-12H2,1-4H3,(H,17,21). The number of hydrogen-bond acceptors (Lipinski definition) is 3. The fraction of sp³-hybridized carbons (Fsp3) is 0.938. The second-order valence-electron chi connectivity index (χ2n) is 6.73. The lowest BCUT2D eigenvalue weighted by molar-refractivity contribution is 0.118. The normalized spacial score (nSPS) is 21.3. The summed E-state index contributed by atoms with van der Waals surface area (Å²) < 4.78 is 0. The summed E-state index contributed by atoms with van der Waals surface area (Å²) in [6.07, 6.45) is 3.13. The number of nitrogens with zero attached hydrogens (tertiary/aromatic N) is 2. The Kier molecular flexibility index (Phi) is 8.04. The molecule has 2 amide bonds. The Balaban J connectivity index is 2.22. The number of nitrogens with one attached hydrogen (secondary N) is 1. The highest BCUT2D eigenvalue weighted by Gasteiger charge is 2.19. The van der Waals surface area contributed by atoms with Gasteiger partial charge in [-0.25, -0.2) is 4.79 Å². The quantitative estimate of drug-likeness (QED) is 0.706. The molecule has 0 aliphatic carbocycles. The highest BCUT2D eigenvalue weighted by molar-refractivity contribution is 5.74. The number of carbonyl (C=O) groups is 1. The Labute approximate surface area is 129 Å². The third kappa shape index (κ3) is 7.14. The van der Waals surface area contributed by atoms with Gasteiger partial charge in [0.15, 0.2) is 0 Å². The Hall–Kier alpha value is -0.810. The van der Waals surface area contributed by atoms with E-state index in [4.69, 9.17) is 0 Å². The van der Waals surface area contributed by atoms with Crippen molar-refractivity contribution >= 4 is 6.03 Å². The smallest absolute Gasteiger partial charge is 0.317 e. The number of aliphatic hydroxyl groups is 1. The van der Waals surface area contributed by atoms with Crippen LogP contribution in [0.5, 0.6) is 0 Å². The van der Waals surface area contributed by atoms with Crippen LogP contribution in [0.1, 0.15) is 47.0 Å². The zero-order chi connectivity index (χ0) is 15.8. The van der Waals surface area contributed by atoms with Gasteiger partial charge in [0.1, 0.15) is 0 Å². The summed E-state index contributed by atoms with van der Waals surface area (Å²) in [6, 6.07) is 0.0282. The lowest BCUT2D eigenvalue weighted by atomic mass is 10.0. The van der Waals surface area contributed by atoms with Crippen LogP contribution in [0.25, 0.3) is 0 Å². The molecule has 2 unspecified atom stereocenters. The minimum absolute atomic E-state index is 0.0714. The fourth-order valence-electron chi connectivity index (χ4n) is 2.90. The van der Waals surface area contributed by atoms with Gasteiger partial charge in [0.05, 0.1) is 6.10 Å². The highest BCUT2D eigenvalue weighted by atomic mass is 16.3. The van der Waals surface area contributed by atoms with Crippen molar-refractivity contribution < 1.29 is 9.90 Å². The predicted molar refractivity (Wildman–Crippen MR) is 86.4 cm³/mol. The van der Waals surface area contributed by atoms with Gasteiger partial charge in [-0.1, -0.05) is 6.92 Å². The van der Waals surface area contributed by atoms with Crippen molar-refractivity contribution in [2.75, 3.05) is 32.7 Å². The molecule has 1 heterocycles. The second kappa shape index (κ2) is 9.26. The first-order chi connectivity index (χ1) is 9.90. The molecular weight excluding hydrogens is 266 g/mol. The van der Waals surface area contributed by atoms with Crippen LogP contribution in [0, 0.1) is 5.92 Å². The number of hydrogen-bond donors (Lipinski definition) is 2. The van der Waals surface area contributed by atoms with Gasteiger partial charge in [-0.05, 0) is 59.0 Å². The number of rotatable bonds is 7. The van der Waals surface area contributed by atoms with Crippen LogP contribution in [0.3, 0.4) is 0 Å². The number of aliphatic hydroxyl groups excluding tert-OH is 1. The van der Waals surface area contributed by atoms with Crippen LogP contribution >= 0.6 is 0 Å². The van der Waals surface area contributed by atoms with E-state index in [0.717, 1.165) is 18.9 Å². The maximum atomic E-state index is 12.1. The van der Waals surface area contributed by atoms with Crippen molar-refractivity contribution in [2.45, 2.75) is 59.1 Å².